The van der Waals surface area contributed by atoms with Gasteiger partial charge < -0.3 is 11.5 Å². The molecule has 1 atom stereocenters. The Balaban J connectivity index is 0.000001000. The highest BCUT2D eigenvalue weighted by molar-refractivity contribution is 7.08. The minimum Gasteiger partial charge on any atom is -0.368 e. The third-order valence-corrected chi connectivity index (χ3v) is 1.91. The number of carbonyl (C=O) groups excluding carboxylic acids is 1. The lowest BCUT2D eigenvalue weighted by Crippen LogP contribution is -2.27. The Morgan fingerprint density at radius 1 is 1.64 bits per heavy atom. The highest BCUT2D eigenvalue weighted by Gasteiger charge is 2.10. The molecule has 0 aliphatic rings. The molecule has 1 aromatic heterocycles. The maximum absolute atomic E-state index is 10.5. The molecule has 4 N–H and O–H groups in total. The van der Waals surface area contributed by atoms with Crippen molar-refractivity contribution in [1.82, 2.24) is 0 Å². The summed E-state index contributed by atoms with van der Waals surface area (Å²) >= 11 is 1.50. The Kier molecular flexibility index (Phi) is 4.10. The Bertz CT molecular complexity index is 224. The molecule has 1 amide bonds. The predicted molar refractivity (Wildman–Crippen MR) is 47.7 cm³/mol. The van der Waals surface area contributed by atoms with E-state index in [1.54, 1.807) is 6.07 Å². The van der Waals surface area contributed by atoms with Crippen molar-refractivity contribution in [3.8, 4) is 0 Å². The highest BCUT2D eigenvalue weighted by atomic mass is 35.5. The van der Waals surface area contributed by atoms with Crippen LogP contribution in [0.15, 0.2) is 16.8 Å². The van der Waals surface area contributed by atoms with Crippen molar-refractivity contribution >= 4 is 29.7 Å². The number of primary amides is 1. The van der Waals surface area contributed by atoms with Crippen LogP contribution in [0.1, 0.15) is 11.6 Å². The quantitative estimate of drug-likeness (QED) is 0.723. The van der Waals surface area contributed by atoms with E-state index in [9.17, 15) is 4.79 Å². The molecule has 62 valence electrons. The first-order valence-corrected chi connectivity index (χ1v) is 3.73. The molecule has 0 fully saturated rings. The Morgan fingerprint density at radius 3 is 2.64 bits per heavy atom. The molecule has 0 aliphatic carbocycles. The summed E-state index contributed by atoms with van der Waals surface area (Å²) in [6.07, 6.45) is 0. The van der Waals surface area contributed by atoms with Crippen molar-refractivity contribution in [3.63, 3.8) is 0 Å². The number of nitrogens with two attached hydrogens (primary N) is 2. The van der Waals surface area contributed by atoms with Gasteiger partial charge in [-0.05, 0) is 22.4 Å². The maximum atomic E-state index is 10.5. The first-order chi connectivity index (χ1) is 4.72. The smallest absolute Gasteiger partial charge is 0.238 e. The van der Waals surface area contributed by atoms with Crippen molar-refractivity contribution in [1.29, 1.82) is 0 Å². The Hall–Kier alpha value is -0.580. The summed E-state index contributed by atoms with van der Waals surface area (Å²) < 4.78 is 0. The van der Waals surface area contributed by atoms with E-state index in [1.807, 2.05) is 10.8 Å². The molecule has 0 bridgehead atoms. The summed E-state index contributed by atoms with van der Waals surface area (Å²) in [5.41, 5.74) is 11.2. The van der Waals surface area contributed by atoms with E-state index < -0.39 is 11.9 Å². The molecule has 0 aliphatic heterocycles. The van der Waals surface area contributed by atoms with E-state index in [1.165, 1.54) is 11.3 Å². The largest absolute Gasteiger partial charge is 0.368 e. The normalized spacial score (nSPS) is 11.7. The van der Waals surface area contributed by atoms with E-state index in [-0.39, 0.29) is 12.4 Å². The summed E-state index contributed by atoms with van der Waals surface area (Å²) in [4.78, 5) is 10.5. The van der Waals surface area contributed by atoms with Crippen LogP contribution in [0, 0.1) is 0 Å². The van der Waals surface area contributed by atoms with Crippen LogP contribution in [0.5, 0.6) is 0 Å². The van der Waals surface area contributed by atoms with Crippen LogP contribution >= 0.6 is 23.7 Å². The summed E-state index contributed by atoms with van der Waals surface area (Å²) in [7, 11) is 0. The molecule has 11 heavy (non-hydrogen) atoms. The first-order valence-electron chi connectivity index (χ1n) is 2.79. The van der Waals surface area contributed by atoms with Gasteiger partial charge in [-0.25, -0.2) is 0 Å². The zero-order valence-electron chi connectivity index (χ0n) is 5.69. The van der Waals surface area contributed by atoms with Gasteiger partial charge in [0.15, 0.2) is 0 Å². The lowest BCUT2D eigenvalue weighted by Gasteiger charge is -2.02. The fourth-order valence-electron chi connectivity index (χ4n) is 0.616. The molecule has 5 heteroatoms. The van der Waals surface area contributed by atoms with Gasteiger partial charge in [-0.3, -0.25) is 4.79 Å². The van der Waals surface area contributed by atoms with Gasteiger partial charge in [0.25, 0.3) is 0 Å². The summed E-state index contributed by atoms with van der Waals surface area (Å²) in [6, 6.07) is 1.14. The van der Waals surface area contributed by atoms with Crippen LogP contribution in [0.3, 0.4) is 0 Å². The van der Waals surface area contributed by atoms with E-state index in [0.29, 0.717) is 0 Å². The fourth-order valence-corrected chi connectivity index (χ4v) is 1.31. The number of hydrogen-bond acceptors (Lipinski definition) is 3. The van der Waals surface area contributed by atoms with E-state index >= 15 is 0 Å². The Labute approximate surface area is 74.8 Å². The molecule has 1 heterocycles. The average Bonchev–Trinajstić information content (AvgIpc) is 2.36. The van der Waals surface area contributed by atoms with E-state index in [0.717, 1.165) is 5.56 Å². The van der Waals surface area contributed by atoms with E-state index in [2.05, 4.69) is 0 Å². The molecule has 3 nitrogen and oxygen atoms in total. The summed E-state index contributed by atoms with van der Waals surface area (Å²) in [6.45, 7) is 0. The van der Waals surface area contributed by atoms with E-state index in [4.69, 9.17) is 11.5 Å². The third-order valence-electron chi connectivity index (χ3n) is 1.21. The van der Waals surface area contributed by atoms with Gasteiger partial charge in [0.2, 0.25) is 5.91 Å². The van der Waals surface area contributed by atoms with Crippen LogP contribution in [0.25, 0.3) is 0 Å². The second-order valence-corrected chi connectivity index (χ2v) is 2.72. The number of thiophene rings is 1. The average molecular weight is 193 g/mol. The lowest BCUT2D eigenvalue weighted by atomic mass is 10.2. The molecular formula is C6H9ClN2OS. The zero-order valence-corrected chi connectivity index (χ0v) is 7.32. The molecule has 0 saturated heterocycles. The van der Waals surface area contributed by atoms with Crippen LogP contribution in [0.4, 0.5) is 0 Å². The third kappa shape index (κ3) is 2.49. The van der Waals surface area contributed by atoms with Gasteiger partial charge in [0.1, 0.15) is 6.04 Å². The number of carbonyl (C=O) groups is 1. The topological polar surface area (TPSA) is 69.1 Å². The van der Waals surface area contributed by atoms with Gasteiger partial charge >= 0.3 is 0 Å². The van der Waals surface area contributed by atoms with Gasteiger partial charge in [-0.15, -0.1) is 12.4 Å². The maximum Gasteiger partial charge on any atom is 0.238 e. The van der Waals surface area contributed by atoms with Crippen molar-refractivity contribution in [2.45, 2.75) is 6.04 Å². The minimum atomic E-state index is -0.647. The van der Waals surface area contributed by atoms with Crippen LogP contribution in [-0.4, -0.2) is 5.91 Å². The molecule has 0 aromatic carbocycles. The zero-order chi connectivity index (χ0) is 7.56. The molecule has 1 aromatic rings. The van der Waals surface area contributed by atoms with Crippen molar-refractivity contribution in [2.75, 3.05) is 0 Å². The number of rotatable bonds is 2. The first kappa shape index (κ1) is 10.4. The fraction of sp³-hybridized carbons (Fsp3) is 0.167. The molecule has 1 rings (SSSR count). The van der Waals surface area contributed by atoms with Crippen molar-refractivity contribution in [3.05, 3.63) is 22.4 Å². The van der Waals surface area contributed by atoms with Gasteiger partial charge in [0, 0.05) is 0 Å². The van der Waals surface area contributed by atoms with Crippen LogP contribution < -0.4 is 11.5 Å². The summed E-state index contributed by atoms with van der Waals surface area (Å²) in [5, 5.41) is 3.67. The van der Waals surface area contributed by atoms with Crippen LogP contribution in [0.2, 0.25) is 0 Å². The predicted octanol–water partition coefficient (Wildman–Crippen LogP) is 0.655. The van der Waals surface area contributed by atoms with Crippen molar-refractivity contribution in [2.24, 2.45) is 11.5 Å². The minimum absolute atomic E-state index is 0. The highest BCUT2D eigenvalue weighted by Crippen LogP contribution is 2.12. The lowest BCUT2D eigenvalue weighted by molar-refractivity contribution is -0.119. The number of halogens is 1. The molecule has 0 unspecified atom stereocenters. The van der Waals surface area contributed by atoms with Gasteiger partial charge in [0.05, 0.1) is 0 Å². The number of hydrogen-bond donors (Lipinski definition) is 2. The molecule has 0 spiro atoms. The molecular weight excluding hydrogens is 184 g/mol. The second kappa shape index (κ2) is 4.33. The van der Waals surface area contributed by atoms with Crippen LogP contribution in [-0.2, 0) is 4.79 Å². The Morgan fingerprint density at radius 2 is 2.27 bits per heavy atom. The van der Waals surface area contributed by atoms with Gasteiger partial charge in [-0.2, -0.15) is 11.3 Å². The summed E-state index contributed by atoms with van der Waals surface area (Å²) in [5.74, 6) is -0.488. The molecule has 0 radical (unpaired) electrons. The second-order valence-electron chi connectivity index (χ2n) is 1.94. The SMILES string of the molecule is Cl.NC(=O)[C@H](N)c1ccsc1. The molecule has 0 saturated carbocycles. The van der Waals surface area contributed by atoms with Gasteiger partial charge in [-0.1, -0.05) is 0 Å². The number of amides is 1. The van der Waals surface area contributed by atoms with Crippen molar-refractivity contribution < 1.29 is 4.79 Å². The standard InChI is InChI=1S/C6H8N2OS.ClH/c7-5(6(8)9)4-1-2-10-3-4;/h1-3,5H,7H2,(H2,8,9);1H/t5-;/m1./s1. The monoisotopic (exact) mass is 192 g/mol.